The molecule has 2 unspecified atom stereocenters. The van der Waals surface area contributed by atoms with Gasteiger partial charge in [0, 0.05) is 48.1 Å². The highest BCUT2D eigenvalue weighted by Crippen LogP contribution is 2.00. The van der Waals surface area contributed by atoms with E-state index in [1.165, 1.54) is 5.69 Å². The zero-order valence-corrected chi connectivity index (χ0v) is 11.1. The third kappa shape index (κ3) is 4.45. The van der Waals surface area contributed by atoms with Gasteiger partial charge in [0.2, 0.25) is 0 Å². The van der Waals surface area contributed by atoms with E-state index in [-0.39, 0.29) is 0 Å². The molecule has 0 saturated carbocycles. The Bertz CT molecular complexity index is 338. The Kier molecular flexibility index (Phi) is 5.69. The van der Waals surface area contributed by atoms with E-state index >= 15 is 0 Å². The lowest BCUT2D eigenvalue weighted by molar-refractivity contribution is 0.507. The lowest BCUT2D eigenvalue weighted by atomic mass is 10.2. The lowest BCUT2D eigenvalue weighted by Gasteiger charge is -2.13. The van der Waals surface area contributed by atoms with Crippen molar-refractivity contribution in [3.63, 3.8) is 0 Å². The molecule has 0 fully saturated rings. The predicted molar refractivity (Wildman–Crippen MR) is 67.8 cm³/mol. The Morgan fingerprint density at radius 2 is 2.38 bits per heavy atom. The maximum absolute atomic E-state index is 11.0. The van der Waals surface area contributed by atoms with Gasteiger partial charge in [0.1, 0.15) is 0 Å². The number of aryl methyl sites for hydroxylation is 1. The summed E-state index contributed by atoms with van der Waals surface area (Å²) in [6, 6.07) is 2.42. The minimum absolute atomic E-state index is 0.393. The van der Waals surface area contributed by atoms with Gasteiger partial charge in [0.25, 0.3) is 0 Å². The van der Waals surface area contributed by atoms with Crippen molar-refractivity contribution >= 4 is 10.8 Å². The van der Waals surface area contributed by atoms with Gasteiger partial charge in [-0.2, -0.15) is 5.10 Å². The van der Waals surface area contributed by atoms with Crippen molar-refractivity contribution in [2.75, 3.05) is 12.0 Å². The van der Waals surface area contributed by atoms with Gasteiger partial charge in [-0.1, -0.05) is 0 Å². The van der Waals surface area contributed by atoms with Crippen LogP contribution in [0.4, 0.5) is 0 Å². The van der Waals surface area contributed by atoms with Gasteiger partial charge in [0.15, 0.2) is 0 Å². The van der Waals surface area contributed by atoms with Crippen molar-refractivity contribution in [2.24, 2.45) is 0 Å². The first kappa shape index (κ1) is 13.4. The maximum atomic E-state index is 11.0. The van der Waals surface area contributed by atoms with Crippen LogP contribution >= 0.6 is 0 Å². The van der Waals surface area contributed by atoms with Crippen LogP contribution in [0.25, 0.3) is 0 Å². The Balaban J connectivity index is 2.31. The zero-order valence-electron chi connectivity index (χ0n) is 10.3. The molecule has 0 amide bonds. The lowest BCUT2D eigenvalue weighted by Crippen LogP contribution is -2.28. The standard InChI is InChI=1S/C11H21N3OS/c1-4-14-11(5-7-13-14)9-12-10(2)6-8-16(3)15/h5,7,10,12H,4,6,8-9H2,1-3H3. The first-order valence-electron chi connectivity index (χ1n) is 5.67. The molecule has 1 aromatic rings. The molecule has 0 aliphatic rings. The highest BCUT2D eigenvalue weighted by molar-refractivity contribution is 7.84. The average molecular weight is 243 g/mol. The predicted octanol–water partition coefficient (Wildman–Crippen LogP) is 1.15. The van der Waals surface area contributed by atoms with Crippen LogP contribution in [0.3, 0.4) is 0 Å². The van der Waals surface area contributed by atoms with Gasteiger partial charge in [-0.25, -0.2) is 0 Å². The fraction of sp³-hybridized carbons (Fsp3) is 0.727. The van der Waals surface area contributed by atoms with E-state index in [0.29, 0.717) is 6.04 Å². The van der Waals surface area contributed by atoms with Crippen LogP contribution in [0, 0.1) is 0 Å². The molecule has 0 bridgehead atoms. The number of hydrogen-bond acceptors (Lipinski definition) is 3. The van der Waals surface area contributed by atoms with E-state index in [1.54, 1.807) is 6.26 Å². The second kappa shape index (κ2) is 6.81. The quantitative estimate of drug-likeness (QED) is 0.781. The minimum atomic E-state index is -0.690. The minimum Gasteiger partial charge on any atom is -0.309 e. The third-order valence-corrected chi connectivity index (χ3v) is 3.38. The first-order chi connectivity index (χ1) is 7.63. The van der Waals surface area contributed by atoms with Crippen molar-refractivity contribution in [3.05, 3.63) is 18.0 Å². The van der Waals surface area contributed by atoms with Crippen LogP contribution in [-0.4, -0.2) is 32.0 Å². The number of aromatic nitrogens is 2. The molecule has 0 radical (unpaired) electrons. The fourth-order valence-electron chi connectivity index (χ4n) is 1.52. The normalized spacial score (nSPS) is 14.9. The van der Waals surface area contributed by atoms with Gasteiger partial charge in [0.05, 0.1) is 5.69 Å². The van der Waals surface area contributed by atoms with Crippen LogP contribution in [0.5, 0.6) is 0 Å². The molecule has 0 saturated heterocycles. The van der Waals surface area contributed by atoms with Gasteiger partial charge >= 0.3 is 0 Å². The molecule has 0 aromatic carbocycles. The van der Waals surface area contributed by atoms with E-state index < -0.39 is 10.8 Å². The highest BCUT2D eigenvalue weighted by Gasteiger charge is 2.05. The van der Waals surface area contributed by atoms with E-state index in [4.69, 9.17) is 0 Å². The van der Waals surface area contributed by atoms with Crippen molar-refractivity contribution < 1.29 is 4.21 Å². The van der Waals surface area contributed by atoms with E-state index in [2.05, 4.69) is 24.3 Å². The second-order valence-corrected chi connectivity index (χ2v) is 5.54. The Labute approximate surface area is 99.9 Å². The van der Waals surface area contributed by atoms with Crippen LogP contribution in [0.15, 0.2) is 12.3 Å². The highest BCUT2D eigenvalue weighted by atomic mass is 32.2. The second-order valence-electron chi connectivity index (χ2n) is 3.99. The summed E-state index contributed by atoms with van der Waals surface area (Å²) in [4.78, 5) is 0. The van der Waals surface area contributed by atoms with Gasteiger partial charge in [-0.15, -0.1) is 0 Å². The summed E-state index contributed by atoms with van der Waals surface area (Å²) < 4.78 is 12.9. The molecule has 2 atom stereocenters. The van der Waals surface area contributed by atoms with Crippen LogP contribution in [0.1, 0.15) is 26.0 Å². The summed E-state index contributed by atoms with van der Waals surface area (Å²) in [5.41, 5.74) is 1.20. The van der Waals surface area contributed by atoms with Gasteiger partial charge < -0.3 is 5.32 Å². The maximum Gasteiger partial charge on any atom is 0.0522 e. The molecular weight excluding hydrogens is 222 g/mol. The van der Waals surface area contributed by atoms with Gasteiger partial charge in [-0.05, 0) is 26.3 Å². The Morgan fingerprint density at radius 3 is 3.00 bits per heavy atom. The summed E-state index contributed by atoms with van der Waals surface area (Å²) in [7, 11) is -0.690. The molecule has 1 rings (SSSR count). The SMILES string of the molecule is CCn1nccc1CNC(C)CCS(C)=O. The molecule has 1 aromatic heterocycles. The summed E-state index contributed by atoms with van der Waals surface area (Å²) in [5, 5.41) is 7.63. The van der Waals surface area contributed by atoms with Gasteiger partial charge in [-0.3, -0.25) is 8.89 Å². The van der Waals surface area contributed by atoms with Crippen molar-refractivity contribution in [3.8, 4) is 0 Å². The van der Waals surface area contributed by atoms with Crippen LogP contribution < -0.4 is 5.32 Å². The monoisotopic (exact) mass is 243 g/mol. The molecule has 0 spiro atoms. The third-order valence-electron chi connectivity index (χ3n) is 2.57. The molecule has 0 aliphatic heterocycles. The summed E-state index contributed by atoms with van der Waals surface area (Å²) in [6.07, 6.45) is 4.52. The molecule has 16 heavy (non-hydrogen) atoms. The summed E-state index contributed by atoms with van der Waals surface area (Å²) in [6.45, 7) is 5.93. The van der Waals surface area contributed by atoms with E-state index in [0.717, 1.165) is 25.3 Å². The van der Waals surface area contributed by atoms with Crippen molar-refractivity contribution in [2.45, 2.75) is 39.4 Å². The van der Waals surface area contributed by atoms with Crippen molar-refractivity contribution in [1.82, 2.24) is 15.1 Å². The number of nitrogens with one attached hydrogen (secondary N) is 1. The molecular formula is C11H21N3OS. The number of hydrogen-bond donors (Lipinski definition) is 1. The molecule has 1 N–H and O–H groups in total. The molecule has 92 valence electrons. The smallest absolute Gasteiger partial charge is 0.0522 e. The fourth-order valence-corrected chi connectivity index (χ4v) is 2.20. The number of nitrogens with zero attached hydrogens (tertiary/aromatic N) is 2. The van der Waals surface area contributed by atoms with Crippen molar-refractivity contribution in [1.29, 1.82) is 0 Å². The average Bonchev–Trinajstić information content (AvgIpc) is 2.70. The van der Waals surface area contributed by atoms with E-state index in [1.807, 2.05) is 16.9 Å². The zero-order chi connectivity index (χ0) is 12.0. The van der Waals surface area contributed by atoms with Crippen LogP contribution in [-0.2, 0) is 23.9 Å². The largest absolute Gasteiger partial charge is 0.309 e. The molecule has 4 nitrogen and oxygen atoms in total. The summed E-state index contributed by atoms with van der Waals surface area (Å²) >= 11 is 0. The van der Waals surface area contributed by atoms with Crippen LogP contribution in [0.2, 0.25) is 0 Å². The molecule has 1 heterocycles. The summed E-state index contributed by atoms with van der Waals surface area (Å²) in [5.74, 6) is 0.765. The van der Waals surface area contributed by atoms with E-state index in [9.17, 15) is 4.21 Å². The topological polar surface area (TPSA) is 46.9 Å². The first-order valence-corrected chi connectivity index (χ1v) is 7.40. The molecule has 5 heteroatoms. The molecule has 0 aliphatic carbocycles. The Hall–Kier alpha value is -0.680. The number of rotatable bonds is 7. The Morgan fingerprint density at radius 1 is 1.62 bits per heavy atom.